The van der Waals surface area contributed by atoms with Gasteiger partial charge in [-0.2, -0.15) is 16.9 Å². The second kappa shape index (κ2) is 6.24. The van der Waals surface area contributed by atoms with E-state index >= 15 is 0 Å². The van der Waals surface area contributed by atoms with E-state index in [-0.39, 0.29) is 11.8 Å². The van der Waals surface area contributed by atoms with E-state index in [1.165, 1.54) is 25.7 Å². The van der Waals surface area contributed by atoms with Gasteiger partial charge in [0.2, 0.25) is 0 Å². The van der Waals surface area contributed by atoms with Gasteiger partial charge in [-0.1, -0.05) is 12.8 Å². The van der Waals surface area contributed by atoms with Gasteiger partial charge in [-0.25, -0.2) is 0 Å². The summed E-state index contributed by atoms with van der Waals surface area (Å²) >= 11 is 5.23. The number of rotatable bonds is 5. The summed E-state index contributed by atoms with van der Waals surface area (Å²) in [6.07, 6.45) is 6.89. The number of thioether (sulfide) groups is 1. The number of Topliss-reactive ketones (excluding diaryl/α,β-unsaturated/α-hetero) is 1. The van der Waals surface area contributed by atoms with E-state index in [1.54, 1.807) is 6.20 Å². The Morgan fingerprint density at radius 3 is 2.83 bits per heavy atom. The van der Waals surface area contributed by atoms with Gasteiger partial charge >= 0.3 is 0 Å². The number of hydrogen-bond donors (Lipinski definition) is 0. The highest BCUT2D eigenvalue weighted by molar-refractivity contribution is 9.10. The van der Waals surface area contributed by atoms with Crippen LogP contribution in [-0.4, -0.2) is 26.6 Å². The Morgan fingerprint density at radius 2 is 2.22 bits per heavy atom. The number of nitrogens with zero attached hydrogens (tertiary/aromatic N) is 2. The fourth-order valence-electron chi connectivity index (χ4n) is 2.31. The second-order valence-corrected chi connectivity index (χ2v) is 7.16. The van der Waals surface area contributed by atoms with Gasteiger partial charge < -0.3 is 0 Å². The quantitative estimate of drug-likeness (QED) is 0.763. The highest BCUT2D eigenvalue weighted by Crippen LogP contribution is 2.30. The molecule has 0 amide bonds. The lowest BCUT2D eigenvalue weighted by molar-refractivity contribution is 0.101. The fourth-order valence-corrected chi connectivity index (χ4v) is 4.00. The van der Waals surface area contributed by atoms with Crippen LogP contribution < -0.4 is 0 Å². The zero-order valence-corrected chi connectivity index (χ0v) is 13.3. The van der Waals surface area contributed by atoms with E-state index < -0.39 is 0 Å². The van der Waals surface area contributed by atoms with Gasteiger partial charge in [0.15, 0.2) is 5.78 Å². The molecule has 0 spiro atoms. The molecule has 0 saturated heterocycles. The van der Waals surface area contributed by atoms with E-state index in [1.807, 2.05) is 30.3 Å². The molecule has 0 atom stereocenters. The van der Waals surface area contributed by atoms with Crippen LogP contribution in [-0.2, 0) is 0 Å². The minimum atomic E-state index is 0.185. The summed E-state index contributed by atoms with van der Waals surface area (Å²) in [5.41, 5.74) is 0.718. The van der Waals surface area contributed by atoms with E-state index in [0.717, 1.165) is 10.2 Å². The fraction of sp³-hybridized carbons (Fsp3) is 0.692. The first-order valence-corrected chi connectivity index (χ1v) is 8.31. The molecule has 0 aliphatic heterocycles. The molecule has 1 aromatic rings. The van der Waals surface area contributed by atoms with E-state index in [4.69, 9.17) is 0 Å². The molecule has 1 aliphatic carbocycles. The lowest BCUT2D eigenvalue weighted by Crippen LogP contribution is -2.15. The predicted octanol–water partition coefficient (Wildman–Crippen LogP) is 4.09. The van der Waals surface area contributed by atoms with Gasteiger partial charge in [0.1, 0.15) is 5.69 Å². The summed E-state index contributed by atoms with van der Waals surface area (Å²) in [7, 11) is 0. The molecule has 1 heterocycles. The molecule has 1 aliphatic rings. The van der Waals surface area contributed by atoms with Crippen molar-refractivity contribution in [2.45, 2.75) is 50.8 Å². The molecular formula is C13H19BrN2OS. The maximum atomic E-state index is 12.3. The standard InChI is InChI=1S/C13H19BrN2OS/c1-9(2)16-13(11(14)7-15-16)12(17)8-18-10-5-3-4-6-10/h7,9-10H,3-6,8H2,1-2H3. The van der Waals surface area contributed by atoms with Crippen LogP contribution in [0.4, 0.5) is 0 Å². The Hall–Kier alpha value is -0.290. The largest absolute Gasteiger partial charge is 0.291 e. The molecular weight excluding hydrogens is 312 g/mol. The minimum Gasteiger partial charge on any atom is -0.291 e. The number of hydrogen-bond acceptors (Lipinski definition) is 3. The highest BCUT2D eigenvalue weighted by Gasteiger charge is 2.21. The topological polar surface area (TPSA) is 34.9 Å². The third-order valence-corrected chi connectivity index (χ3v) is 5.21. The van der Waals surface area contributed by atoms with Crippen molar-refractivity contribution in [1.29, 1.82) is 0 Å². The molecule has 1 aromatic heterocycles. The molecule has 0 aromatic carbocycles. The Morgan fingerprint density at radius 1 is 1.56 bits per heavy atom. The Kier molecular flexibility index (Phi) is 4.90. The summed E-state index contributed by atoms with van der Waals surface area (Å²) in [4.78, 5) is 12.3. The van der Waals surface area contributed by atoms with Crippen molar-refractivity contribution in [3.05, 3.63) is 16.4 Å². The maximum absolute atomic E-state index is 12.3. The second-order valence-electron chi connectivity index (χ2n) is 5.02. The van der Waals surface area contributed by atoms with Crippen LogP contribution in [0.2, 0.25) is 0 Å². The first-order valence-electron chi connectivity index (χ1n) is 6.47. The van der Waals surface area contributed by atoms with Crippen molar-refractivity contribution < 1.29 is 4.79 Å². The van der Waals surface area contributed by atoms with Crippen molar-refractivity contribution in [1.82, 2.24) is 9.78 Å². The monoisotopic (exact) mass is 330 g/mol. The number of ketones is 1. The summed E-state index contributed by atoms with van der Waals surface area (Å²) in [6, 6.07) is 0.215. The summed E-state index contributed by atoms with van der Waals surface area (Å²) < 4.78 is 2.62. The number of carbonyl (C=O) groups excluding carboxylic acids is 1. The van der Waals surface area contributed by atoms with Crippen molar-refractivity contribution in [2.75, 3.05) is 5.75 Å². The summed E-state index contributed by atoms with van der Waals surface area (Å²) in [5, 5.41) is 4.94. The van der Waals surface area contributed by atoms with Crippen LogP contribution in [0, 0.1) is 0 Å². The van der Waals surface area contributed by atoms with Gasteiger partial charge in [-0.15, -0.1) is 0 Å². The zero-order chi connectivity index (χ0) is 13.1. The lowest BCUT2D eigenvalue weighted by Gasteiger charge is -2.12. The Bertz CT molecular complexity index is 425. The molecule has 2 rings (SSSR count). The van der Waals surface area contributed by atoms with Crippen LogP contribution in [0.5, 0.6) is 0 Å². The lowest BCUT2D eigenvalue weighted by atomic mass is 10.3. The predicted molar refractivity (Wildman–Crippen MR) is 79.4 cm³/mol. The number of carbonyl (C=O) groups is 1. The van der Waals surface area contributed by atoms with Crippen molar-refractivity contribution in [2.24, 2.45) is 0 Å². The minimum absolute atomic E-state index is 0.185. The number of aromatic nitrogens is 2. The van der Waals surface area contributed by atoms with Crippen LogP contribution >= 0.6 is 27.7 Å². The Balaban J connectivity index is 2.01. The van der Waals surface area contributed by atoms with E-state index in [9.17, 15) is 4.79 Å². The first kappa shape index (κ1) is 14.1. The average molecular weight is 331 g/mol. The molecule has 0 N–H and O–H groups in total. The normalized spacial score (nSPS) is 16.7. The Labute approximate surface area is 121 Å². The molecule has 1 fully saturated rings. The SMILES string of the molecule is CC(C)n1ncc(Br)c1C(=O)CSC1CCCC1. The highest BCUT2D eigenvalue weighted by atomic mass is 79.9. The van der Waals surface area contributed by atoms with E-state index in [0.29, 0.717) is 11.0 Å². The molecule has 100 valence electrons. The van der Waals surface area contributed by atoms with Crippen molar-refractivity contribution in [3.8, 4) is 0 Å². The summed E-state index contributed by atoms with van der Waals surface area (Å²) in [5.74, 6) is 0.756. The van der Waals surface area contributed by atoms with Crippen LogP contribution in [0.3, 0.4) is 0 Å². The third-order valence-electron chi connectivity index (χ3n) is 3.26. The molecule has 3 nitrogen and oxygen atoms in total. The van der Waals surface area contributed by atoms with Crippen molar-refractivity contribution in [3.63, 3.8) is 0 Å². The van der Waals surface area contributed by atoms with Gasteiger partial charge in [0.05, 0.1) is 16.4 Å². The van der Waals surface area contributed by atoms with Gasteiger partial charge in [0, 0.05) is 11.3 Å². The maximum Gasteiger partial charge on any atom is 0.191 e. The van der Waals surface area contributed by atoms with Gasteiger partial charge in [-0.05, 0) is 42.6 Å². The smallest absolute Gasteiger partial charge is 0.191 e. The van der Waals surface area contributed by atoms with E-state index in [2.05, 4.69) is 21.0 Å². The van der Waals surface area contributed by atoms with Crippen LogP contribution in [0.15, 0.2) is 10.7 Å². The van der Waals surface area contributed by atoms with Gasteiger partial charge in [0.25, 0.3) is 0 Å². The molecule has 0 bridgehead atoms. The molecule has 5 heteroatoms. The van der Waals surface area contributed by atoms with Crippen LogP contribution in [0.25, 0.3) is 0 Å². The average Bonchev–Trinajstić information content (AvgIpc) is 2.94. The van der Waals surface area contributed by atoms with Crippen molar-refractivity contribution >= 4 is 33.5 Å². The molecule has 18 heavy (non-hydrogen) atoms. The molecule has 0 unspecified atom stereocenters. The van der Waals surface area contributed by atoms with Gasteiger partial charge in [-0.3, -0.25) is 9.48 Å². The molecule has 0 radical (unpaired) electrons. The number of halogens is 1. The van der Waals surface area contributed by atoms with Crippen LogP contribution in [0.1, 0.15) is 56.1 Å². The third kappa shape index (κ3) is 3.18. The first-order chi connectivity index (χ1) is 8.59. The zero-order valence-electron chi connectivity index (χ0n) is 10.9. The molecule has 1 saturated carbocycles. The summed E-state index contributed by atoms with van der Waals surface area (Å²) in [6.45, 7) is 4.08.